The molecule has 0 aliphatic carbocycles. The Morgan fingerprint density at radius 2 is 2.11 bits per heavy atom. The molecule has 0 fully saturated rings. The van der Waals surface area contributed by atoms with E-state index in [9.17, 15) is 4.79 Å². The maximum atomic E-state index is 12.4. The van der Waals surface area contributed by atoms with Gasteiger partial charge in [-0.2, -0.15) is 0 Å². The van der Waals surface area contributed by atoms with Crippen molar-refractivity contribution >= 4 is 32.6 Å². The van der Waals surface area contributed by atoms with Crippen LogP contribution in [0.25, 0.3) is 10.2 Å². The number of amides is 1. The van der Waals surface area contributed by atoms with Crippen molar-refractivity contribution in [1.29, 1.82) is 0 Å². The van der Waals surface area contributed by atoms with Crippen LogP contribution in [0.4, 0.5) is 5.13 Å². The molecule has 0 saturated heterocycles. The summed E-state index contributed by atoms with van der Waals surface area (Å²) in [6, 6.07) is 5.52. The summed E-state index contributed by atoms with van der Waals surface area (Å²) in [6.07, 6.45) is 0. The van der Waals surface area contributed by atoms with Gasteiger partial charge >= 0.3 is 0 Å². The van der Waals surface area contributed by atoms with E-state index in [0.29, 0.717) is 17.2 Å². The first kappa shape index (κ1) is 13.8. The molecule has 1 aromatic heterocycles. The molecule has 2 rings (SSSR count). The van der Waals surface area contributed by atoms with Crippen LogP contribution in [0.5, 0.6) is 0 Å². The van der Waals surface area contributed by atoms with Gasteiger partial charge in [0, 0.05) is 19.2 Å². The zero-order chi connectivity index (χ0) is 14.2. The van der Waals surface area contributed by atoms with E-state index in [1.807, 2.05) is 25.2 Å². The predicted molar refractivity (Wildman–Crippen MR) is 80.4 cm³/mol. The van der Waals surface area contributed by atoms with Gasteiger partial charge in [-0.05, 0) is 23.6 Å². The lowest BCUT2D eigenvalue weighted by Gasteiger charge is -2.26. The first-order valence-electron chi connectivity index (χ1n) is 6.18. The van der Waals surface area contributed by atoms with Crippen molar-refractivity contribution in [3.05, 3.63) is 23.8 Å². The van der Waals surface area contributed by atoms with Gasteiger partial charge in [-0.25, -0.2) is 4.98 Å². The molecule has 1 heterocycles. The van der Waals surface area contributed by atoms with E-state index in [-0.39, 0.29) is 11.3 Å². The topological polar surface area (TPSA) is 59.2 Å². The minimum Gasteiger partial charge on any atom is -0.375 e. The molecule has 5 heteroatoms. The number of thiazole rings is 1. The average Bonchev–Trinajstić information content (AvgIpc) is 2.64. The van der Waals surface area contributed by atoms with E-state index < -0.39 is 0 Å². The third-order valence-electron chi connectivity index (χ3n) is 2.71. The van der Waals surface area contributed by atoms with Gasteiger partial charge < -0.3 is 10.6 Å². The van der Waals surface area contributed by atoms with Crippen LogP contribution in [0.15, 0.2) is 18.2 Å². The highest BCUT2D eigenvalue weighted by Gasteiger charge is 2.19. The summed E-state index contributed by atoms with van der Waals surface area (Å²) in [5.41, 5.74) is 7.29. The molecule has 0 aliphatic rings. The molecule has 0 bridgehead atoms. The first-order valence-corrected chi connectivity index (χ1v) is 6.99. The Labute approximate surface area is 117 Å². The molecule has 1 aromatic carbocycles. The zero-order valence-electron chi connectivity index (χ0n) is 11.7. The van der Waals surface area contributed by atoms with E-state index in [4.69, 9.17) is 5.73 Å². The molecule has 0 radical (unpaired) electrons. The maximum Gasteiger partial charge on any atom is 0.253 e. The Morgan fingerprint density at radius 1 is 1.42 bits per heavy atom. The van der Waals surface area contributed by atoms with Crippen molar-refractivity contribution in [3.63, 3.8) is 0 Å². The molecule has 2 N–H and O–H groups in total. The van der Waals surface area contributed by atoms with Crippen molar-refractivity contribution < 1.29 is 4.79 Å². The number of nitrogens with two attached hydrogens (primary N) is 1. The lowest BCUT2D eigenvalue weighted by atomic mass is 9.96. The Balaban J connectivity index is 2.25. The number of carbonyl (C=O) groups excluding carboxylic acids is 1. The van der Waals surface area contributed by atoms with Gasteiger partial charge in [0.05, 0.1) is 10.2 Å². The van der Waals surface area contributed by atoms with Crippen molar-refractivity contribution in [3.8, 4) is 0 Å². The molecule has 19 heavy (non-hydrogen) atoms. The molecule has 0 spiro atoms. The summed E-state index contributed by atoms with van der Waals surface area (Å²) in [5.74, 6) is 0.0313. The smallest absolute Gasteiger partial charge is 0.253 e. The van der Waals surface area contributed by atoms with Gasteiger partial charge in [-0.1, -0.05) is 32.1 Å². The highest BCUT2D eigenvalue weighted by atomic mass is 32.1. The highest BCUT2D eigenvalue weighted by Crippen LogP contribution is 2.25. The monoisotopic (exact) mass is 277 g/mol. The predicted octanol–water partition coefficient (Wildman–Crippen LogP) is 3.00. The average molecular weight is 277 g/mol. The lowest BCUT2D eigenvalue weighted by Crippen LogP contribution is -2.34. The van der Waals surface area contributed by atoms with Crippen molar-refractivity contribution in [1.82, 2.24) is 9.88 Å². The normalized spacial score (nSPS) is 11.8. The first-order chi connectivity index (χ1) is 8.76. The Morgan fingerprint density at radius 3 is 2.74 bits per heavy atom. The van der Waals surface area contributed by atoms with Crippen molar-refractivity contribution in [2.24, 2.45) is 5.41 Å². The fourth-order valence-corrected chi connectivity index (χ4v) is 2.85. The van der Waals surface area contributed by atoms with E-state index in [2.05, 4.69) is 25.8 Å². The van der Waals surface area contributed by atoms with Crippen LogP contribution in [0.3, 0.4) is 0 Å². The fourth-order valence-electron chi connectivity index (χ4n) is 2.08. The second-order valence-electron chi connectivity index (χ2n) is 5.96. The molecule has 0 saturated carbocycles. The van der Waals surface area contributed by atoms with Gasteiger partial charge in [0.2, 0.25) is 0 Å². The van der Waals surface area contributed by atoms with Gasteiger partial charge in [-0.15, -0.1) is 0 Å². The summed E-state index contributed by atoms with van der Waals surface area (Å²) in [6.45, 7) is 7.06. The van der Waals surface area contributed by atoms with E-state index in [0.717, 1.165) is 10.2 Å². The quantitative estimate of drug-likeness (QED) is 0.918. The molecule has 102 valence electrons. The molecule has 2 aromatic rings. The summed E-state index contributed by atoms with van der Waals surface area (Å²) in [5, 5.41) is 0.530. The fraction of sp³-hybridized carbons (Fsp3) is 0.429. The summed E-state index contributed by atoms with van der Waals surface area (Å²) >= 11 is 1.40. The van der Waals surface area contributed by atoms with Gasteiger partial charge in [-0.3, -0.25) is 4.79 Å². The molecular formula is C14H19N3OS. The van der Waals surface area contributed by atoms with Gasteiger partial charge in [0.1, 0.15) is 0 Å². The maximum absolute atomic E-state index is 12.4. The van der Waals surface area contributed by atoms with Crippen LogP contribution in [0.1, 0.15) is 31.1 Å². The number of anilines is 1. The summed E-state index contributed by atoms with van der Waals surface area (Å²) in [4.78, 5) is 18.3. The van der Waals surface area contributed by atoms with Crippen LogP contribution >= 0.6 is 11.3 Å². The molecule has 4 nitrogen and oxygen atoms in total. The van der Waals surface area contributed by atoms with Gasteiger partial charge in [0.15, 0.2) is 5.13 Å². The molecular weight excluding hydrogens is 258 g/mol. The summed E-state index contributed by atoms with van der Waals surface area (Å²) in [7, 11) is 1.83. The largest absolute Gasteiger partial charge is 0.375 e. The van der Waals surface area contributed by atoms with Crippen LogP contribution < -0.4 is 5.73 Å². The Hall–Kier alpha value is -1.62. The second-order valence-corrected chi connectivity index (χ2v) is 7.02. The standard InChI is InChI=1S/C14H19N3OS/c1-14(2,3)8-17(4)12(18)9-5-6-10-11(7-9)19-13(15)16-10/h5-7H,8H2,1-4H3,(H2,15,16). The van der Waals surface area contributed by atoms with E-state index in [1.54, 1.807) is 4.90 Å². The van der Waals surface area contributed by atoms with Gasteiger partial charge in [0.25, 0.3) is 5.91 Å². The minimum atomic E-state index is 0.0313. The number of nitrogens with zero attached hydrogens (tertiary/aromatic N) is 2. The molecule has 0 unspecified atom stereocenters. The SMILES string of the molecule is CN(CC(C)(C)C)C(=O)c1ccc2nc(N)sc2c1. The Kier molecular flexibility index (Phi) is 3.49. The highest BCUT2D eigenvalue weighted by molar-refractivity contribution is 7.22. The van der Waals surface area contributed by atoms with Crippen LogP contribution in [-0.4, -0.2) is 29.4 Å². The minimum absolute atomic E-state index is 0.0313. The number of aromatic nitrogens is 1. The molecule has 0 atom stereocenters. The number of hydrogen-bond acceptors (Lipinski definition) is 4. The number of rotatable bonds is 2. The third-order valence-corrected chi connectivity index (χ3v) is 3.56. The number of benzene rings is 1. The number of nitrogen functional groups attached to an aromatic ring is 1. The van der Waals surface area contributed by atoms with Crippen LogP contribution in [-0.2, 0) is 0 Å². The lowest BCUT2D eigenvalue weighted by molar-refractivity contribution is 0.0746. The number of hydrogen-bond donors (Lipinski definition) is 1. The second kappa shape index (κ2) is 4.81. The van der Waals surface area contributed by atoms with Crippen LogP contribution in [0, 0.1) is 5.41 Å². The van der Waals surface area contributed by atoms with Crippen LogP contribution in [0.2, 0.25) is 0 Å². The zero-order valence-corrected chi connectivity index (χ0v) is 12.5. The van der Waals surface area contributed by atoms with E-state index >= 15 is 0 Å². The summed E-state index contributed by atoms with van der Waals surface area (Å²) < 4.78 is 0.951. The third kappa shape index (κ3) is 3.23. The van der Waals surface area contributed by atoms with Crippen molar-refractivity contribution in [2.75, 3.05) is 19.3 Å². The number of fused-ring (bicyclic) bond motifs is 1. The van der Waals surface area contributed by atoms with E-state index in [1.165, 1.54) is 11.3 Å². The van der Waals surface area contributed by atoms with Crippen molar-refractivity contribution in [2.45, 2.75) is 20.8 Å². The molecule has 0 aliphatic heterocycles. The number of carbonyl (C=O) groups is 1. The Bertz CT molecular complexity index is 613. The molecule has 1 amide bonds.